The zero-order valence-corrected chi connectivity index (χ0v) is 10.8. The lowest BCUT2D eigenvalue weighted by atomic mass is 10.2. The molecule has 90 valence electrons. The number of rotatable bonds is 5. The Morgan fingerprint density at radius 2 is 2.29 bits per heavy atom. The van der Waals surface area contributed by atoms with Crippen LogP contribution in [0.2, 0.25) is 0 Å². The van der Waals surface area contributed by atoms with E-state index in [1.807, 2.05) is 35.1 Å². The average molecular weight is 297 g/mol. The fraction of sp³-hybridized carbons (Fsp3) is 0.250. The summed E-state index contributed by atoms with van der Waals surface area (Å²) >= 11 is 3.36. The summed E-state index contributed by atoms with van der Waals surface area (Å²) in [5.74, 6) is 0.754. The highest BCUT2D eigenvalue weighted by Gasteiger charge is 2.01. The monoisotopic (exact) mass is 296 g/mol. The van der Waals surface area contributed by atoms with Crippen LogP contribution in [0.25, 0.3) is 0 Å². The van der Waals surface area contributed by atoms with Crippen LogP contribution in [-0.2, 0) is 13.2 Å². The summed E-state index contributed by atoms with van der Waals surface area (Å²) in [5, 5.41) is 13.2. The summed E-state index contributed by atoms with van der Waals surface area (Å²) in [6.45, 7) is 1.25. The molecular formula is C12H13BrN2O2. The van der Waals surface area contributed by atoms with Gasteiger partial charge in [-0.3, -0.25) is 4.68 Å². The summed E-state index contributed by atoms with van der Waals surface area (Å²) in [6.07, 6.45) is 3.63. The van der Waals surface area contributed by atoms with Gasteiger partial charge in [0.1, 0.15) is 12.4 Å². The van der Waals surface area contributed by atoms with Crippen molar-refractivity contribution in [2.45, 2.75) is 13.2 Å². The molecule has 1 aromatic carbocycles. The van der Waals surface area contributed by atoms with Crippen LogP contribution in [0.15, 0.2) is 41.1 Å². The minimum atomic E-state index is -0.00304. The molecule has 0 radical (unpaired) electrons. The fourth-order valence-electron chi connectivity index (χ4n) is 1.45. The molecule has 1 aromatic heterocycles. The van der Waals surface area contributed by atoms with E-state index in [-0.39, 0.29) is 6.61 Å². The second-order valence-electron chi connectivity index (χ2n) is 3.53. The van der Waals surface area contributed by atoms with Crippen molar-refractivity contribution in [2.24, 2.45) is 0 Å². The smallest absolute Gasteiger partial charge is 0.119 e. The number of hydrogen-bond acceptors (Lipinski definition) is 3. The van der Waals surface area contributed by atoms with Crippen LogP contribution in [-0.4, -0.2) is 21.5 Å². The molecule has 0 saturated carbocycles. The van der Waals surface area contributed by atoms with Gasteiger partial charge in [-0.1, -0.05) is 15.9 Å². The molecular weight excluding hydrogens is 284 g/mol. The van der Waals surface area contributed by atoms with Crippen molar-refractivity contribution in [3.8, 4) is 5.75 Å². The molecule has 17 heavy (non-hydrogen) atoms. The van der Waals surface area contributed by atoms with Gasteiger partial charge >= 0.3 is 0 Å². The SMILES string of the molecule is OCc1cc(OCCn2cccn2)ccc1Br. The van der Waals surface area contributed by atoms with Crippen LogP contribution in [0.3, 0.4) is 0 Å². The molecule has 0 bridgehead atoms. The Kier molecular flexibility index (Phi) is 4.17. The number of ether oxygens (including phenoxy) is 1. The van der Waals surface area contributed by atoms with Crippen molar-refractivity contribution >= 4 is 15.9 Å². The fourth-order valence-corrected chi connectivity index (χ4v) is 1.82. The van der Waals surface area contributed by atoms with E-state index in [9.17, 15) is 0 Å². The Bertz CT molecular complexity index is 471. The first-order valence-electron chi connectivity index (χ1n) is 5.29. The molecule has 2 rings (SSSR count). The average Bonchev–Trinajstić information content (AvgIpc) is 2.84. The van der Waals surface area contributed by atoms with Crippen molar-refractivity contribution in [3.05, 3.63) is 46.7 Å². The van der Waals surface area contributed by atoms with Crippen LogP contribution in [0, 0.1) is 0 Å². The lowest BCUT2D eigenvalue weighted by molar-refractivity contribution is 0.275. The molecule has 4 nitrogen and oxygen atoms in total. The van der Waals surface area contributed by atoms with Gasteiger partial charge in [-0.05, 0) is 29.8 Å². The first-order valence-corrected chi connectivity index (χ1v) is 6.08. The van der Waals surface area contributed by atoms with Crippen LogP contribution in [0.5, 0.6) is 5.75 Å². The number of benzene rings is 1. The number of hydrogen-bond donors (Lipinski definition) is 1. The summed E-state index contributed by atoms with van der Waals surface area (Å²) in [4.78, 5) is 0. The highest BCUT2D eigenvalue weighted by Crippen LogP contribution is 2.22. The van der Waals surface area contributed by atoms with E-state index < -0.39 is 0 Å². The van der Waals surface area contributed by atoms with Gasteiger partial charge in [0.25, 0.3) is 0 Å². The number of aliphatic hydroxyl groups is 1. The van der Waals surface area contributed by atoms with E-state index in [1.165, 1.54) is 0 Å². The standard InChI is InChI=1S/C12H13BrN2O2/c13-12-3-2-11(8-10(12)9-16)17-7-6-15-5-1-4-14-15/h1-5,8,16H,6-7,9H2. The molecule has 0 unspecified atom stereocenters. The Morgan fingerprint density at radius 3 is 3.00 bits per heavy atom. The second-order valence-corrected chi connectivity index (χ2v) is 4.38. The summed E-state index contributed by atoms with van der Waals surface area (Å²) in [5.41, 5.74) is 0.821. The lowest BCUT2D eigenvalue weighted by Gasteiger charge is -2.08. The Morgan fingerprint density at radius 1 is 1.41 bits per heavy atom. The van der Waals surface area contributed by atoms with E-state index in [4.69, 9.17) is 9.84 Å². The summed E-state index contributed by atoms with van der Waals surface area (Å²) < 4.78 is 8.28. The highest BCUT2D eigenvalue weighted by molar-refractivity contribution is 9.10. The topological polar surface area (TPSA) is 47.3 Å². The normalized spacial score (nSPS) is 10.5. The van der Waals surface area contributed by atoms with Crippen molar-refractivity contribution < 1.29 is 9.84 Å². The van der Waals surface area contributed by atoms with Crippen LogP contribution in [0.4, 0.5) is 0 Å². The number of halogens is 1. The van der Waals surface area contributed by atoms with Gasteiger partial charge in [0.15, 0.2) is 0 Å². The predicted molar refractivity (Wildman–Crippen MR) is 67.8 cm³/mol. The summed E-state index contributed by atoms with van der Waals surface area (Å²) in [7, 11) is 0. The quantitative estimate of drug-likeness (QED) is 0.920. The number of aromatic nitrogens is 2. The third-order valence-corrected chi connectivity index (χ3v) is 3.11. The van der Waals surface area contributed by atoms with Gasteiger partial charge in [0.05, 0.1) is 13.2 Å². The maximum Gasteiger partial charge on any atom is 0.119 e. The van der Waals surface area contributed by atoms with E-state index in [0.29, 0.717) is 13.2 Å². The highest BCUT2D eigenvalue weighted by atomic mass is 79.9. The number of aliphatic hydroxyl groups excluding tert-OH is 1. The molecule has 0 aliphatic heterocycles. The molecule has 0 saturated heterocycles. The van der Waals surface area contributed by atoms with Gasteiger partial charge in [0, 0.05) is 16.9 Å². The van der Waals surface area contributed by atoms with E-state index in [0.717, 1.165) is 15.8 Å². The maximum absolute atomic E-state index is 9.12. The van der Waals surface area contributed by atoms with Gasteiger partial charge in [-0.15, -0.1) is 0 Å². The molecule has 0 atom stereocenters. The first-order chi connectivity index (χ1) is 8.29. The zero-order valence-electron chi connectivity index (χ0n) is 9.21. The van der Waals surface area contributed by atoms with Crippen molar-refractivity contribution in [2.75, 3.05) is 6.61 Å². The first kappa shape index (κ1) is 12.1. The third kappa shape index (κ3) is 3.31. The van der Waals surface area contributed by atoms with Crippen LogP contribution in [0.1, 0.15) is 5.56 Å². The largest absolute Gasteiger partial charge is 0.492 e. The van der Waals surface area contributed by atoms with Gasteiger partial charge in [-0.2, -0.15) is 5.10 Å². The Balaban J connectivity index is 1.90. The van der Waals surface area contributed by atoms with E-state index >= 15 is 0 Å². The second kappa shape index (κ2) is 5.84. The van der Waals surface area contributed by atoms with Crippen molar-refractivity contribution in [1.82, 2.24) is 9.78 Å². The van der Waals surface area contributed by atoms with Gasteiger partial charge in [0.2, 0.25) is 0 Å². The molecule has 1 heterocycles. The molecule has 1 N–H and O–H groups in total. The summed E-state index contributed by atoms with van der Waals surface area (Å²) in [6, 6.07) is 7.44. The molecule has 2 aromatic rings. The van der Waals surface area contributed by atoms with Gasteiger partial charge in [-0.25, -0.2) is 0 Å². The van der Waals surface area contributed by atoms with Crippen molar-refractivity contribution in [1.29, 1.82) is 0 Å². The number of nitrogens with zero attached hydrogens (tertiary/aromatic N) is 2. The van der Waals surface area contributed by atoms with E-state index in [1.54, 1.807) is 6.20 Å². The molecule has 0 aliphatic rings. The third-order valence-electron chi connectivity index (χ3n) is 2.34. The Hall–Kier alpha value is -1.33. The molecule has 0 aliphatic carbocycles. The maximum atomic E-state index is 9.12. The zero-order chi connectivity index (χ0) is 12.1. The predicted octanol–water partition coefficient (Wildman–Crippen LogP) is 2.22. The van der Waals surface area contributed by atoms with Crippen LogP contribution < -0.4 is 4.74 Å². The Labute approximate surface area is 108 Å². The van der Waals surface area contributed by atoms with E-state index in [2.05, 4.69) is 21.0 Å². The van der Waals surface area contributed by atoms with Gasteiger partial charge < -0.3 is 9.84 Å². The molecule has 0 spiro atoms. The van der Waals surface area contributed by atoms with Crippen molar-refractivity contribution in [3.63, 3.8) is 0 Å². The molecule has 0 fully saturated rings. The minimum Gasteiger partial charge on any atom is -0.492 e. The van der Waals surface area contributed by atoms with Crippen LogP contribution >= 0.6 is 15.9 Å². The molecule has 5 heteroatoms. The molecule has 0 amide bonds. The minimum absolute atomic E-state index is 0.00304. The lowest BCUT2D eigenvalue weighted by Crippen LogP contribution is -2.08.